The summed E-state index contributed by atoms with van der Waals surface area (Å²) in [7, 11) is -3.63. The first-order valence-electron chi connectivity index (χ1n) is 4.60. The number of rotatable bonds is 3. The first-order valence-corrected chi connectivity index (χ1v) is 7.34. The van der Waals surface area contributed by atoms with Crippen molar-refractivity contribution < 1.29 is 8.42 Å². The van der Waals surface area contributed by atoms with E-state index in [-0.39, 0.29) is 4.90 Å². The number of benzene rings is 1. The topological polar surface area (TPSA) is 72.2 Å². The van der Waals surface area contributed by atoms with Crippen LogP contribution in [0.4, 0.5) is 10.7 Å². The lowest BCUT2D eigenvalue weighted by atomic mass is 10.3. The minimum Gasteiger partial charge on any atom is -0.347 e. The fourth-order valence-corrected chi connectivity index (χ4v) is 2.73. The Morgan fingerprint density at radius 2 is 1.76 bits per heavy atom. The number of thiophene rings is 1. The summed E-state index contributed by atoms with van der Waals surface area (Å²) in [6, 6.07) is 9.83. The number of halogens is 1. The highest BCUT2D eigenvalue weighted by Crippen LogP contribution is 2.29. The second kappa shape index (κ2) is 4.66. The summed E-state index contributed by atoms with van der Waals surface area (Å²) in [4.78, 5) is 0.0901. The summed E-state index contributed by atoms with van der Waals surface area (Å²) in [5.41, 5.74) is 0.774. The highest BCUT2D eigenvalue weighted by molar-refractivity contribution is 7.89. The van der Waals surface area contributed by atoms with E-state index >= 15 is 0 Å². The molecule has 2 aromatic rings. The molecule has 4 nitrogen and oxygen atoms in total. The third-order valence-corrected chi connectivity index (χ3v) is 4.10. The molecular formula is C10H9ClN2O2S2. The zero-order chi connectivity index (χ0) is 12.5. The van der Waals surface area contributed by atoms with Crippen LogP contribution in [0.1, 0.15) is 0 Å². The first-order chi connectivity index (χ1) is 7.95. The lowest BCUT2D eigenvalue weighted by Gasteiger charge is -2.04. The van der Waals surface area contributed by atoms with Gasteiger partial charge in [0.15, 0.2) is 0 Å². The summed E-state index contributed by atoms with van der Waals surface area (Å²) >= 11 is 7.20. The Balaban J connectivity index is 2.19. The standard InChI is InChI=1S/C10H9ClN2O2S2/c11-9-5-6-10(16-9)13-7-1-3-8(4-2-7)17(12,14)15/h1-6,13H,(H2,12,14,15). The van der Waals surface area contributed by atoms with Crippen LogP contribution >= 0.6 is 22.9 Å². The molecule has 0 aliphatic carbocycles. The van der Waals surface area contributed by atoms with E-state index in [9.17, 15) is 8.42 Å². The lowest BCUT2D eigenvalue weighted by Crippen LogP contribution is -2.11. The van der Waals surface area contributed by atoms with Crippen molar-refractivity contribution in [2.24, 2.45) is 5.14 Å². The number of sulfonamides is 1. The summed E-state index contributed by atoms with van der Waals surface area (Å²) in [6.07, 6.45) is 0. The van der Waals surface area contributed by atoms with Gasteiger partial charge in [0.1, 0.15) is 0 Å². The fraction of sp³-hybridized carbons (Fsp3) is 0. The van der Waals surface area contributed by atoms with Gasteiger partial charge < -0.3 is 5.32 Å². The van der Waals surface area contributed by atoms with Crippen molar-refractivity contribution >= 4 is 43.6 Å². The van der Waals surface area contributed by atoms with Gasteiger partial charge in [-0.15, -0.1) is 11.3 Å². The summed E-state index contributed by atoms with van der Waals surface area (Å²) < 4.78 is 22.8. The smallest absolute Gasteiger partial charge is 0.238 e. The van der Waals surface area contributed by atoms with Crippen LogP contribution < -0.4 is 10.5 Å². The maximum atomic E-state index is 11.0. The van der Waals surface area contributed by atoms with Gasteiger partial charge in [0.05, 0.1) is 14.2 Å². The molecule has 0 unspecified atom stereocenters. The third-order valence-electron chi connectivity index (χ3n) is 2.02. The molecule has 0 aliphatic rings. The quantitative estimate of drug-likeness (QED) is 0.912. The van der Waals surface area contributed by atoms with Crippen molar-refractivity contribution in [1.82, 2.24) is 0 Å². The SMILES string of the molecule is NS(=O)(=O)c1ccc(Nc2ccc(Cl)s2)cc1. The van der Waals surface area contributed by atoms with Gasteiger partial charge in [-0.2, -0.15) is 0 Å². The molecule has 3 N–H and O–H groups in total. The van der Waals surface area contributed by atoms with Crippen LogP contribution in [-0.4, -0.2) is 8.42 Å². The Morgan fingerprint density at radius 1 is 1.12 bits per heavy atom. The number of nitrogens with two attached hydrogens (primary N) is 1. The largest absolute Gasteiger partial charge is 0.347 e. The van der Waals surface area contributed by atoms with Crippen molar-refractivity contribution in [2.75, 3.05) is 5.32 Å². The molecule has 2 rings (SSSR count). The molecule has 1 aromatic carbocycles. The molecule has 0 aliphatic heterocycles. The van der Waals surface area contributed by atoms with Crippen LogP contribution in [0.3, 0.4) is 0 Å². The number of hydrogen-bond acceptors (Lipinski definition) is 4. The molecule has 0 atom stereocenters. The van der Waals surface area contributed by atoms with Gasteiger partial charge in [-0.3, -0.25) is 0 Å². The number of primary sulfonamides is 1. The van der Waals surface area contributed by atoms with E-state index in [1.165, 1.54) is 23.5 Å². The molecule has 0 saturated heterocycles. The average molecular weight is 289 g/mol. The second-order valence-electron chi connectivity index (χ2n) is 3.30. The maximum absolute atomic E-state index is 11.0. The van der Waals surface area contributed by atoms with E-state index in [0.717, 1.165) is 10.7 Å². The van der Waals surface area contributed by atoms with Crippen molar-refractivity contribution in [3.05, 3.63) is 40.7 Å². The molecular weight excluding hydrogens is 280 g/mol. The zero-order valence-electron chi connectivity index (χ0n) is 8.55. The predicted octanol–water partition coefficient (Wildman–Crippen LogP) is 2.79. The fourth-order valence-electron chi connectivity index (χ4n) is 1.25. The molecule has 1 heterocycles. The second-order valence-corrected chi connectivity index (χ2v) is 6.57. The number of nitrogens with one attached hydrogen (secondary N) is 1. The van der Waals surface area contributed by atoms with Gasteiger partial charge in [0.2, 0.25) is 10.0 Å². The average Bonchev–Trinajstić information content (AvgIpc) is 2.63. The highest BCUT2D eigenvalue weighted by Gasteiger charge is 2.06. The minimum absolute atomic E-state index is 0.0901. The Bertz CT molecular complexity index is 620. The van der Waals surface area contributed by atoms with Crippen molar-refractivity contribution in [3.8, 4) is 0 Å². The Labute approximate surface area is 108 Å². The van der Waals surface area contributed by atoms with Crippen LogP contribution in [0.25, 0.3) is 0 Å². The van der Waals surface area contributed by atoms with E-state index in [0.29, 0.717) is 4.34 Å². The van der Waals surface area contributed by atoms with E-state index in [2.05, 4.69) is 5.32 Å². The lowest BCUT2D eigenvalue weighted by molar-refractivity contribution is 0.598. The Hall–Kier alpha value is -1.08. The molecule has 0 saturated carbocycles. The molecule has 0 radical (unpaired) electrons. The van der Waals surface area contributed by atoms with Gasteiger partial charge in [-0.25, -0.2) is 13.6 Å². The van der Waals surface area contributed by atoms with Crippen LogP contribution in [-0.2, 0) is 10.0 Å². The van der Waals surface area contributed by atoms with E-state index < -0.39 is 10.0 Å². The zero-order valence-corrected chi connectivity index (χ0v) is 10.9. The molecule has 17 heavy (non-hydrogen) atoms. The van der Waals surface area contributed by atoms with Crippen LogP contribution in [0.15, 0.2) is 41.3 Å². The maximum Gasteiger partial charge on any atom is 0.238 e. The number of anilines is 2. The van der Waals surface area contributed by atoms with Gasteiger partial charge in [0.25, 0.3) is 0 Å². The normalized spacial score (nSPS) is 11.4. The van der Waals surface area contributed by atoms with Crippen LogP contribution in [0.2, 0.25) is 4.34 Å². The van der Waals surface area contributed by atoms with Gasteiger partial charge in [-0.1, -0.05) is 11.6 Å². The van der Waals surface area contributed by atoms with Crippen molar-refractivity contribution in [1.29, 1.82) is 0 Å². The molecule has 0 fully saturated rings. The van der Waals surface area contributed by atoms with Crippen LogP contribution in [0.5, 0.6) is 0 Å². The van der Waals surface area contributed by atoms with Crippen molar-refractivity contribution in [3.63, 3.8) is 0 Å². The molecule has 7 heteroatoms. The van der Waals surface area contributed by atoms with Crippen LogP contribution in [0, 0.1) is 0 Å². The molecule has 0 spiro atoms. The Kier molecular flexibility index (Phi) is 3.39. The molecule has 1 aromatic heterocycles. The summed E-state index contributed by atoms with van der Waals surface area (Å²) in [5, 5.41) is 8.99. The van der Waals surface area contributed by atoms with Gasteiger partial charge in [-0.05, 0) is 36.4 Å². The number of hydrogen-bond donors (Lipinski definition) is 2. The van der Waals surface area contributed by atoms with Crippen molar-refractivity contribution in [2.45, 2.75) is 4.90 Å². The molecule has 0 bridgehead atoms. The molecule has 90 valence electrons. The Morgan fingerprint density at radius 3 is 2.24 bits per heavy atom. The minimum atomic E-state index is -3.63. The first kappa shape index (κ1) is 12.4. The summed E-state index contributed by atoms with van der Waals surface area (Å²) in [6.45, 7) is 0. The van der Waals surface area contributed by atoms with E-state index in [1.807, 2.05) is 6.07 Å². The highest BCUT2D eigenvalue weighted by atomic mass is 35.5. The third kappa shape index (κ3) is 3.19. The molecule has 0 amide bonds. The summed E-state index contributed by atoms with van der Waals surface area (Å²) in [5.74, 6) is 0. The van der Waals surface area contributed by atoms with Gasteiger partial charge >= 0.3 is 0 Å². The van der Waals surface area contributed by atoms with E-state index in [4.69, 9.17) is 16.7 Å². The monoisotopic (exact) mass is 288 g/mol. The van der Waals surface area contributed by atoms with Gasteiger partial charge in [0, 0.05) is 5.69 Å². The van der Waals surface area contributed by atoms with E-state index in [1.54, 1.807) is 18.2 Å². The predicted molar refractivity (Wildman–Crippen MR) is 70.4 cm³/mol.